The third-order valence-electron chi connectivity index (χ3n) is 5.16. The van der Waals surface area contributed by atoms with E-state index in [-0.39, 0.29) is 11.7 Å². The van der Waals surface area contributed by atoms with Crippen molar-refractivity contribution in [3.05, 3.63) is 53.6 Å². The first-order valence-corrected chi connectivity index (χ1v) is 10.5. The van der Waals surface area contributed by atoms with Gasteiger partial charge in [-0.15, -0.1) is 11.8 Å². The molecule has 27 heavy (non-hydrogen) atoms. The molecule has 0 aliphatic carbocycles. The standard InChI is InChI=1S/C22H27NO3S/c1-25-19-10-6-11-20(26-2)18(19)15-23-13-7-8-16(14-23)22(24)17-9-4-5-12-21(17)27-3/h4-6,9-12,16H,7-8,13-15H2,1-3H3/t16-/m0/s1. The monoisotopic (exact) mass is 385 g/mol. The van der Waals surface area contributed by atoms with E-state index in [2.05, 4.69) is 4.90 Å². The van der Waals surface area contributed by atoms with E-state index in [0.29, 0.717) is 0 Å². The zero-order chi connectivity index (χ0) is 19.2. The first-order valence-electron chi connectivity index (χ1n) is 9.27. The maximum absolute atomic E-state index is 13.1. The second-order valence-corrected chi connectivity index (χ2v) is 7.63. The minimum atomic E-state index is 0.0350. The van der Waals surface area contributed by atoms with Crippen LogP contribution in [0.1, 0.15) is 28.8 Å². The number of likely N-dealkylation sites (tertiary alicyclic amines) is 1. The fraction of sp³-hybridized carbons (Fsp3) is 0.409. The van der Waals surface area contributed by atoms with Crippen LogP contribution >= 0.6 is 11.8 Å². The number of hydrogen-bond acceptors (Lipinski definition) is 5. The number of carbonyl (C=O) groups is 1. The quantitative estimate of drug-likeness (QED) is 0.517. The lowest BCUT2D eigenvalue weighted by atomic mass is 9.89. The van der Waals surface area contributed by atoms with Gasteiger partial charge in [0.15, 0.2) is 5.78 Å². The van der Waals surface area contributed by atoms with Gasteiger partial charge in [0.25, 0.3) is 0 Å². The van der Waals surface area contributed by atoms with Crippen LogP contribution in [0.25, 0.3) is 0 Å². The Balaban J connectivity index is 1.76. The maximum Gasteiger partial charge on any atom is 0.168 e. The number of Topliss-reactive ketones (excluding diaryl/α,β-unsaturated/α-hetero) is 1. The SMILES string of the molecule is COc1cccc(OC)c1CN1CCC[C@H](C(=O)c2ccccc2SC)C1. The molecular weight excluding hydrogens is 358 g/mol. The summed E-state index contributed by atoms with van der Waals surface area (Å²) in [5, 5.41) is 0. The van der Waals surface area contributed by atoms with E-state index in [1.165, 1.54) is 0 Å². The molecule has 1 aliphatic heterocycles. The number of ether oxygens (including phenoxy) is 2. The van der Waals surface area contributed by atoms with Gasteiger partial charge >= 0.3 is 0 Å². The minimum absolute atomic E-state index is 0.0350. The molecule has 2 aromatic carbocycles. The molecule has 3 rings (SSSR count). The Morgan fingerprint density at radius 3 is 2.48 bits per heavy atom. The molecule has 0 spiro atoms. The molecule has 1 saturated heterocycles. The molecule has 144 valence electrons. The topological polar surface area (TPSA) is 38.8 Å². The average Bonchev–Trinajstić information content (AvgIpc) is 2.73. The molecular formula is C22H27NO3S. The van der Waals surface area contributed by atoms with Crippen molar-refractivity contribution in [2.24, 2.45) is 5.92 Å². The lowest BCUT2D eigenvalue weighted by Crippen LogP contribution is -2.38. The number of ketones is 1. The zero-order valence-corrected chi connectivity index (χ0v) is 17.1. The number of piperidine rings is 1. The highest BCUT2D eigenvalue weighted by Gasteiger charge is 2.28. The van der Waals surface area contributed by atoms with E-state index in [1.54, 1.807) is 26.0 Å². The lowest BCUT2D eigenvalue weighted by molar-refractivity contribution is 0.0807. The molecule has 0 N–H and O–H groups in total. The van der Waals surface area contributed by atoms with Crippen molar-refractivity contribution in [1.29, 1.82) is 0 Å². The summed E-state index contributed by atoms with van der Waals surface area (Å²) >= 11 is 1.63. The highest BCUT2D eigenvalue weighted by Crippen LogP contribution is 2.32. The Morgan fingerprint density at radius 2 is 1.81 bits per heavy atom. The summed E-state index contributed by atoms with van der Waals surface area (Å²) in [6.45, 7) is 2.47. The molecule has 0 amide bonds. The number of hydrogen-bond donors (Lipinski definition) is 0. The van der Waals surface area contributed by atoms with Crippen molar-refractivity contribution in [3.63, 3.8) is 0 Å². The van der Waals surface area contributed by atoms with Crippen LogP contribution in [0.3, 0.4) is 0 Å². The fourth-order valence-corrected chi connectivity index (χ4v) is 4.39. The van der Waals surface area contributed by atoms with Gasteiger partial charge in [0.05, 0.1) is 19.8 Å². The average molecular weight is 386 g/mol. The van der Waals surface area contributed by atoms with Gasteiger partial charge in [-0.3, -0.25) is 9.69 Å². The predicted octanol–water partition coefficient (Wildman–Crippen LogP) is 4.52. The summed E-state index contributed by atoms with van der Waals surface area (Å²) in [6.07, 6.45) is 3.99. The summed E-state index contributed by atoms with van der Waals surface area (Å²) in [5.74, 6) is 1.95. The molecule has 1 atom stereocenters. The second kappa shape index (κ2) is 9.29. The Hall–Kier alpha value is -1.98. The molecule has 2 aromatic rings. The first-order chi connectivity index (χ1) is 13.2. The van der Waals surface area contributed by atoms with Crippen LogP contribution in [-0.2, 0) is 6.54 Å². The molecule has 1 fully saturated rings. The minimum Gasteiger partial charge on any atom is -0.496 e. The molecule has 0 saturated carbocycles. The third kappa shape index (κ3) is 4.47. The van der Waals surface area contributed by atoms with E-state index in [4.69, 9.17) is 9.47 Å². The van der Waals surface area contributed by atoms with Gasteiger partial charge in [0.1, 0.15) is 11.5 Å². The largest absolute Gasteiger partial charge is 0.496 e. The summed E-state index contributed by atoms with van der Waals surface area (Å²) in [4.78, 5) is 16.5. The normalized spacial score (nSPS) is 17.5. The Kier molecular flexibility index (Phi) is 6.80. The highest BCUT2D eigenvalue weighted by molar-refractivity contribution is 7.98. The number of rotatable bonds is 7. The number of methoxy groups -OCH3 is 2. The van der Waals surface area contributed by atoms with Gasteiger partial charge in [0.2, 0.25) is 0 Å². The van der Waals surface area contributed by atoms with Crippen LogP contribution in [0.5, 0.6) is 11.5 Å². The van der Waals surface area contributed by atoms with Crippen LogP contribution in [0, 0.1) is 5.92 Å². The summed E-state index contributed by atoms with van der Waals surface area (Å²) in [5.41, 5.74) is 1.90. The molecule has 0 aromatic heterocycles. The molecule has 0 unspecified atom stereocenters. The second-order valence-electron chi connectivity index (χ2n) is 6.78. The number of thioether (sulfide) groups is 1. The predicted molar refractivity (Wildman–Crippen MR) is 110 cm³/mol. The molecule has 0 radical (unpaired) electrons. The molecule has 1 heterocycles. The number of carbonyl (C=O) groups excluding carboxylic acids is 1. The van der Waals surface area contributed by atoms with E-state index < -0.39 is 0 Å². The number of nitrogens with zero attached hydrogens (tertiary/aromatic N) is 1. The Labute approximate surface area is 165 Å². The molecule has 1 aliphatic rings. The van der Waals surface area contributed by atoms with Crippen LogP contribution in [0.15, 0.2) is 47.4 Å². The van der Waals surface area contributed by atoms with Crippen LogP contribution in [0.2, 0.25) is 0 Å². The highest BCUT2D eigenvalue weighted by atomic mass is 32.2. The molecule has 5 heteroatoms. The van der Waals surface area contributed by atoms with Gasteiger partial charge < -0.3 is 9.47 Å². The zero-order valence-electron chi connectivity index (χ0n) is 16.2. The maximum atomic E-state index is 13.1. The van der Waals surface area contributed by atoms with Gasteiger partial charge in [-0.2, -0.15) is 0 Å². The van der Waals surface area contributed by atoms with Crippen LogP contribution in [-0.4, -0.2) is 44.2 Å². The van der Waals surface area contributed by atoms with E-state index in [0.717, 1.165) is 60.0 Å². The van der Waals surface area contributed by atoms with Crippen molar-refractivity contribution >= 4 is 17.5 Å². The van der Waals surface area contributed by atoms with Gasteiger partial charge in [0, 0.05) is 29.5 Å². The fourth-order valence-electron chi connectivity index (χ4n) is 3.79. The smallest absolute Gasteiger partial charge is 0.168 e. The Morgan fingerprint density at radius 1 is 1.11 bits per heavy atom. The Bertz CT molecular complexity index is 771. The van der Waals surface area contributed by atoms with Crippen molar-refractivity contribution in [3.8, 4) is 11.5 Å². The van der Waals surface area contributed by atoms with Crippen molar-refractivity contribution < 1.29 is 14.3 Å². The van der Waals surface area contributed by atoms with Crippen LogP contribution < -0.4 is 9.47 Å². The van der Waals surface area contributed by atoms with Crippen molar-refractivity contribution in [1.82, 2.24) is 4.90 Å². The summed E-state index contributed by atoms with van der Waals surface area (Å²) < 4.78 is 11.1. The van der Waals surface area contributed by atoms with E-state index in [9.17, 15) is 4.79 Å². The van der Waals surface area contributed by atoms with Crippen molar-refractivity contribution in [2.75, 3.05) is 33.6 Å². The summed E-state index contributed by atoms with van der Waals surface area (Å²) in [7, 11) is 3.36. The molecule has 4 nitrogen and oxygen atoms in total. The van der Waals surface area contributed by atoms with Gasteiger partial charge in [-0.05, 0) is 43.8 Å². The van der Waals surface area contributed by atoms with Crippen molar-refractivity contribution in [2.45, 2.75) is 24.3 Å². The van der Waals surface area contributed by atoms with Gasteiger partial charge in [-0.25, -0.2) is 0 Å². The van der Waals surface area contributed by atoms with Gasteiger partial charge in [-0.1, -0.05) is 24.3 Å². The third-order valence-corrected chi connectivity index (χ3v) is 5.96. The van der Waals surface area contributed by atoms with E-state index in [1.807, 2.05) is 48.7 Å². The summed E-state index contributed by atoms with van der Waals surface area (Å²) in [6, 6.07) is 13.8. The number of benzene rings is 2. The molecule has 0 bridgehead atoms. The lowest BCUT2D eigenvalue weighted by Gasteiger charge is -2.32. The first kappa shape index (κ1) is 19.8. The van der Waals surface area contributed by atoms with Crippen LogP contribution in [0.4, 0.5) is 0 Å². The van der Waals surface area contributed by atoms with E-state index >= 15 is 0 Å².